The van der Waals surface area contributed by atoms with Crippen molar-refractivity contribution >= 4 is 29.1 Å². The van der Waals surface area contributed by atoms with Crippen LogP contribution in [-0.2, 0) is 4.79 Å². The van der Waals surface area contributed by atoms with E-state index in [-0.39, 0.29) is 5.91 Å². The second-order valence-electron chi connectivity index (χ2n) is 5.63. The zero-order valence-electron chi connectivity index (χ0n) is 12.9. The largest absolute Gasteiger partial charge is 0.355 e. The van der Waals surface area contributed by atoms with Crippen molar-refractivity contribution in [3.05, 3.63) is 47.1 Å². The molecule has 1 aliphatic heterocycles. The number of amides is 1. The highest BCUT2D eigenvalue weighted by molar-refractivity contribution is 7.08. The molecule has 0 saturated carbocycles. The average molecular weight is 328 g/mol. The van der Waals surface area contributed by atoms with Gasteiger partial charge in [-0.1, -0.05) is 0 Å². The van der Waals surface area contributed by atoms with Crippen molar-refractivity contribution in [2.45, 2.75) is 12.8 Å². The molecule has 3 heterocycles. The van der Waals surface area contributed by atoms with Gasteiger partial charge in [-0.2, -0.15) is 11.3 Å². The minimum atomic E-state index is -0.0208. The summed E-state index contributed by atoms with van der Waals surface area (Å²) in [7, 11) is 0. The predicted molar refractivity (Wildman–Crippen MR) is 93.3 cm³/mol. The Kier molecular flexibility index (Phi) is 5.37. The van der Waals surface area contributed by atoms with Gasteiger partial charge >= 0.3 is 0 Å². The molecule has 1 amide bonds. The quantitative estimate of drug-likeness (QED) is 0.857. The molecule has 0 spiro atoms. The molecule has 120 valence electrons. The Morgan fingerprint density at radius 2 is 2.26 bits per heavy atom. The van der Waals surface area contributed by atoms with E-state index in [4.69, 9.17) is 0 Å². The molecule has 23 heavy (non-hydrogen) atoms. The Morgan fingerprint density at radius 1 is 1.39 bits per heavy atom. The molecule has 0 aliphatic carbocycles. The Balaban J connectivity index is 1.40. The fourth-order valence-electron chi connectivity index (χ4n) is 2.67. The van der Waals surface area contributed by atoms with Gasteiger partial charge < -0.3 is 10.2 Å². The highest BCUT2D eigenvalue weighted by atomic mass is 32.1. The van der Waals surface area contributed by atoms with Crippen molar-refractivity contribution < 1.29 is 4.79 Å². The number of nitrogens with zero attached hydrogens (tertiary/aromatic N) is 3. The average Bonchev–Trinajstić information content (AvgIpc) is 3.13. The summed E-state index contributed by atoms with van der Waals surface area (Å²) >= 11 is 1.63. The number of carbonyl (C=O) groups is 1. The van der Waals surface area contributed by atoms with Crippen LogP contribution in [0.2, 0.25) is 0 Å². The predicted octanol–water partition coefficient (Wildman–Crippen LogP) is 2.58. The fraction of sp³-hybridized carbons (Fsp3) is 0.353. The summed E-state index contributed by atoms with van der Waals surface area (Å²) in [5.74, 6) is 1.45. The molecule has 1 N–H and O–H groups in total. The Morgan fingerprint density at radius 3 is 2.96 bits per heavy atom. The van der Waals surface area contributed by atoms with Crippen LogP contribution in [0.4, 0.5) is 5.82 Å². The van der Waals surface area contributed by atoms with E-state index in [1.54, 1.807) is 36.0 Å². The first-order chi connectivity index (χ1) is 11.3. The second kappa shape index (κ2) is 7.87. The Labute approximate surface area is 140 Å². The van der Waals surface area contributed by atoms with Gasteiger partial charge in [-0.15, -0.1) is 0 Å². The number of rotatable bonds is 5. The van der Waals surface area contributed by atoms with Gasteiger partial charge in [0.15, 0.2) is 0 Å². The molecule has 0 unspecified atom stereocenters. The topological polar surface area (TPSA) is 58.1 Å². The van der Waals surface area contributed by atoms with Crippen molar-refractivity contribution in [3.8, 4) is 0 Å². The minimum Gasteiger partial charge on any atom is -0.355 e. The number of piperidine rings is 1. The van der Waals surface area contributed by atoms with Crippen molar-refractivity contribution in [2.75, 3.05) is 24.5 Å². The number of aromatic nitrogens is 2. The molecule has 6 heteroatoms. The van der Waals surface area contributed by atoms with Crippen molar-refractivity contribution in [1.82, 2.24) is 15.3 Å². The lowest BCUT2D eigenvalue weighted by atomic mass is 9.97. The third kappa shape index (κ3) is 4.63. The molecule has 2 aromatic heterocycles. The zero-order chi connectivity index (χ0) is 15.9. The van der Waals surface area contributed by atoms with E-state index in [1.807, 2.05) is 22.9 Å². The lowest BCUT2D eigenvalue weighted by Crippen LogP contribution is -2.38. The van der Waals surface area contributed by atoms with E-state index in [9.17, 15) is 4.79 Å². The van der Waals surface area contributed by atoms with Gasteiger partial charge in [0.25, 0.3) is 0 Å². The van der Waals surface area contributed by atoms with Crippen LogP contribution in [0, 0.1) is 5.92 Å². The highest BCUT2D eigenvalue weighted by Gasteiger charge is 2.20. The number of anilines is 1. The Hall–Kier alpha value is -2.21. The van der Waals surface area contributed by atoms with E-state index in [0.29, 0.717) is 5.92 Å². The summed E-state index contributed by atoms with van der Waals surface area (Å²) in [4.78, 5) is 22.5. The third-order valence-electron chi connectivity index (χ3n) is 4.02. The van der Waals surface area contributed by atoms with Crippen LogP contribution < -0.4 is 10.2 Å². The normalized spacial score (nSPS) is 15.9. The summed E-state index contributed by atoms with van der Waals surface area (Å²) < 4.78 is 0. The standard InChI is InChI=1S/C17H20N4OS/c22-17(2-1-15-5-10-23-13-15)20-11-14-3-8-21(9-4-14)16-12-18-6-7-19-16/h1-2,5-7,10,12-14H,3-4,8-9,11H2,(H,20,22)/b2-1+. The Bertz CT molecular complexity index is 634. The van der Waals surface area contributed by atoms with Crippen molar-refractivity contribution in [3.63, 3.8) is 0 Å². The van der Waals surface area contributed by atoms with Crippen LogP contribution >= 0.6 is 11.3 Å². The van der Waals surface area contributed by atoms with Crippen LogP contribution in [0.3, 0.4) is 0 Å². The fourth-order valence-corrected chi connectivity index (χ4v) is 3.29. The van der Waals surface area contributed by atoms with Crippen LogP contribution in [-0.4, -0.2) is 35.5 Å². The molecular weight excluding hydrogens is 308 g/mol. The third-order valence-corrected chi connectivity index (χ3v) is 4.72. The van der Waals surface area contributed by atoms with Gasteiger partial charge in [-0.25, -0.2) is 4.98 Å². The first kappa shape index (κ1) is 15.7. The molecule has 0 atom stereocenters. The molecule has 1 saturated heterocycles. The molecule has 0 radical (unpaired) electrons. The minimum absolute atomic E-state index is 0.0208. The lowest BCUT2D eigenvalue weighted by Gasteiger charge is -2.32. The second-order valence-corrected chi connectivity index (χ2v) is 6.41. The maximum Gasteiger partial charge on any atom is 0.244 e. The van der Waals surface area contributed by atoms with E-state index in [1.165, 1.54) is 0 Å². The van der Waals surface area contributed by atoms with Gasteiger partial charge in [0.05, 0.1) is 6.20 Å². The molecule has 5 nitrogen and oxygen atoms in total. The summed E-state index contributed by atoms with van der Waals surface area (Å²) in [5, 5.41) is 7.02. The summed E-state index contributed by atoms with van der Waals surface area (Å²) in [6.45, 7) is 2.66. The van der Waals surface area contributed by atoms with E-state index in [2.05, 4.69) is 20.2 Å². The number of hydrogen-bond acceptors (Lipinski definition) is 5. The van der Waals surface area contributed by atoms with Crippen LogP contribution in [0.15, 0.2) is 41.5 Å². The van der Waals surface area contributed by atoms with Gasteiger partial charge in [-0.3, -0.25) is 9.78 Å². The number of nitrogens with one attached hydrogen (secondary N) is 1. The van der Waals surface area contributed by atoms with Crippen LogP contribution in [0.1, 0.15) is 18.4 Å². The smallest absolute Gasteiger partial charge is 0.244 e. The molecule has 0 aromatic carbocycles. The van der Waals surface area contributed by atoms with Crippen LogP contribution in [0.25, 0.3) is 6.08 Å². The monoisotopic (exact) mass is 328 g/mol. The van der Waals surface area contributed by atoms with Gasteiger partial charge in [-0.05, 0) is 47.2 Å². The van der Waals surface area contributed by atoms with E-state index >= 15 is 0 Å². The van der Waals surface area contributed by atoms with Gasteiger partial charge in [0.1, 0.15) is 5.82 Å². The van der Waals surface area contributed by atoms with E-state index < -0.39 is 0 Å². The zero-order valence-corrected chi connectivity index (χ0v) is 13.7. The highest BCUT2D eigenvalue weighted by Crippen LogP contribution is 2.20. The van der Waals surface area contributed by atoms with Gasteiger partial charge in [0, 0.05) is 38.1 Å². The number of carbonyl (C=O) groups excluding carboxylic acids is 1. The lowest BCUT2D eigenvalue weighted by molar-refractivity contribution is -0.116. The van der Waals surface area contributed by atoms with Crippen molar-refractivity contribution in [2.24, 2.45) is 5.92 Å². The summed E-state index contributed by atoms with van der Waals surface area (Å²) in [5.41, 5.74) is 1.07. The van der Waals surface area contributed by atoms with Gasteiger partial charge in [0.2, 0.25) is 5.91 Å². The molecular formula is C17H20N4OS. The van der Waals surface area contributed by atoms with E-state index in [0.717, 1.165) is 43.9 Å². The summed E-state index contributed by atoms with van der Waals surface area (Å²) in [6.07, 6.45) is 10.8. The van der Waals surface area contributed by atoms with Crippen molar-refractivity contribution in [1.29, 1.82) is 0 Å². The molecule has 3 rings (SSSR count). The SMILES string of the molecule is O=C(/C=C/c1ccsc1)NCC1CCN(c2cnccn2)CC1. The maximum absolute atomic E-state index is 11.8. The number of thiophene rings is 1. The number of hydrogen-bond donors (Lipinski definition) is 1. The first-order valence-corrected chi connectivity index (χ1v) is 8.74. The maximum atomic E-state index is 11.8. The van der Waals surface area contributed by atoms with Crippen LogP contribution in [0.5, 0.6) is 0 Å². The molecule has 1 fully saturated rings. The molecule has 0 bridgehead atoms. The summed E-state index contributed by atoms with van der Waals surface area (Å²) in [6, 6.07) is 2.00. The molecule has 2 aromatic rings. The molecule has 1 aliphatic rings. The first-order valence-electron chi connectivity index (χ1n) is 7.80.